The van der Waals surface area contributed by atoms with E-state index < -0.39 is 234 Å². The standard InChI is InChI=1S/C54H84N4O29Si/c1-22(59)55-38-46(76-30(9)67)42(34(80-50(38)71)18-72-26(5)63)84-51-39(56-23(2)60)47(77-31(10)68)43(35(81-51)19-73-27(6)64)85-52-40(57-24(3)61)48(78-32(11)69)44(36(82-52)20-74-28(7)65)86-53-41(58-25(4)62)49(79-33(12)70)45(37(83-53)21-75-29(8)66)87-88(16,17)54(13,14)15/h34-53,71H,18-21H2,1-17H3,(H,55,59)(H,56,60)(H,57,61)(H,58,62)/t34?,35?,36?,37?,38-,39+,40-,41+,42+,43?,44+,45?,46?,47-,48?,49-,50+,51?,52-,53?/m1/s1. The Morgan fingerprint density at radius 3 is 0.852 bits per heavy atom. The summed E-state index contributed by atoms with van der Waals surface area (Å²) >= 11 is 0. The van der Waals surface area contributed by atoms with Crippen molar-refractivity contribution < 1.29 is 138 Å². The molecule has 0 aromatic rings. The lowest BCUT2D eigenvalue weighted by Crippen LogP contribution is -2.73. The molecule has 10 unspecified atom stereocenters. The van der Waals surface area contributed by atoms with E-state index in [1.807, 2.05) is 33.9 Å². The quantitative estimate of drug-likeness (QED) is 0.0414. The van der Waals surface area contributed by atoms with Gasteiger partial charge in [0.2, 0.25) is 23.6 Å². The molecule has 88 heavy (non-hydrogen) atoms. The van der Waals surface area contributed by atoms with Gasteiger partial charge in [-0.25, -0.2) is 0 Å². The Labute approximate surface area is 508 Å². The van der Waals surface area contributed by atoms with Crippen LogP contribution in [0.4, 0.5) is 0 Å². The Bertz CT molecular complexity index is 2530. The van der Waals surface area contributed by atoms with Crippen molar-refractivity contribution in [3.63, 3.8) is 0 Å². The maximum atomic E-state index is 13.5. The van der Waals surface area contributed by atoms with E-state index in [-0.39, 0.29) is 0 Å². The number of nitrogens with one attached hydrogen (secondary N) is 4. The summed E-state index contributed by atoms with van der Waals surface area (Å²) in [4.78, 5) is 155. The zero-order valence-corrected chi connectivity index (χ0v) is 53.3. The summed E-state index contributed by atoms with van der Waals surface area (Å²) in [7, 11) is -2.91. The van der Waals surface area contributed by atoms with Gasteiger partial charge in [0, 0.05) is 83.1 Å². The Kier molecular flexibility index (Phi) is 27.1. The molecule has 0 saturated carbocycles. The highest BCUT2D eigenvalue weighted by atomic mass is 28.4. The van der Waals surface area contributed by atoms with Crippen LogP contribution in [0, 0.1) is 0 Å². The van der Waals surface area contributed by atoms with Gasteiger partial charge in [0.1, 0.15) is 99.4 Å². The van der Waals surface area contributed by atoms with Crippen LogP contribution in [0.1, 0.15) is 104 Å². The van der Waals surface area contributed by atoms with Crippen LogP contribution in [0.3, 0.4) is 0 Å². The van der Waals surface area contributed by atoms with Crippen LogP contribution in [0.2, 0.25) is 18.1 Å². The second-order valence-corrected chi connectivity index (χ2v) is 27.5. The molecule has 0 aromatic heterocycles. The number of esters is 8. The maximum absolute atomic E-state index is 13.5. The number of carbonyl (C=O) groups excluding carboxylic acids is 12. The fourth-order valence-electron chi connectivity index (χ4n) is 9.81. The van der Waals surface area contributed by atoms with Gasteiger partial charge in [-0.2, -0.15) is 0 Å². The molecule has 5 N–H and O–H groups in total. The number of ether oxygens (including phenoxy) is 15. The lowest BCUT2D eigenvalue weighted by Gasteiger charge is -2.52. The number of carbonyl (C=O) groups is 12. The van der Waals surface area contributed by atoms with Gasteiger partial charge < -0.3 is 102 Å². The first-order valence-electron chi connectivity index (χ1n) is 28.0. The third-order valence-corrected chi connectivity index (χ3v) is 18.7. The molecule has 20 atom stereocenters. The Hall–Kier alpha value is -6.50. The monoisotopic (exact) mass is 1280 g/mol. The number of hydrogen-bond donors (Lipinski definition) is 5. The van der Waals surface area contributed by atoms with Gasteiger partial charge in [-0.1, -0.05) is 20.8 Å². The minimum atomic E-state index is -2.91. The molecular formula is C54H84N4O29Si. The van der Waals surface area contributed by atoms with Crippen LogP contribution >= 0.6 is 0 Å². The first-order chi connectivity index (χ1) is 40.8. The minimum absolute atomic E-state index is 0.486. The summed E-state index contributed by atoms with van der Waals surface area (Å²) in [5.41, 5.74) is 0. The smallest absolute Gasteiger partial charge is 0.303 e. The SMILES string of the molecule is CC(=O)N[C@@H]1C(OC(C)=O)[C@@H](OC2OC(COC(C)=O)C(O[Si](C)(C)C(C)(C)C)[C@H](OC(C)=O)[C@@H]2NC(C)=O)C(COC(C)=O)O[C@@H]1OC1C(COC(C)=O)OC(O[C@H]2C(COC(C)=O)O[C@H](O)[C@H](NC(C)=O)C2OC(C)=O)[C@@H](NC(C)=O)[C@H]1OC(C)=O. The second kappa shape index (κ2) is 32.3. The van der Waals surface area contributed by atoms with E-state index in [0.29, 0.717) is 0 Å². The predicted molar refractivity (Wildman–Crippen MR) is 293 cm³/mol. The normalized spacial score (nSPS) is 32.2. The third kappa shape index (κ3) is 21.3. The molecular weight excluding hydrogens is 1200 g/mol. The molecule has 4 rings (SSSR count). The topological polar surface area (TPSA) is 421 Å². The Morgan fingerprint density at radius 1 is 0.364 bits per heavy atom. The number of amides is 4. The molecule has 0 aromatic carbocycles. The summed E-state index contributed by atoms with van der Waals surface area (Å²) in [6, 6.07) is -6.69. The van der Waals surface area contributed by atoms with E-state index in [9.17, 15) is 62.6 Å². The molecule has 0 aliphatic carbocycles. The van der Waals surface area contributed by atoms with Crippen LogP contribution in [0.15, 0.2) is 0 Å². The molecule has 4 aliphatic rings. The third-order valence-electron chi connectivity index (χ3n) is 14.2. The second-order valence-electron chi connectivity index (χ2n) is 22.8. The van der Waals surface area contributed by atoms with E-state index >= 15 is 0 Å². The highest BCUT2D eigenvalue weighted by molar-refractivity contribution is 6.74. The van der Waals surface area contributed by atoms with Crippen molar-refractivity contribution in [2.45, 2.75) is 245 Å². The lowest BCUT2D eigenvalue weighted by molar-refractivity contribution is -0.362. The molecule has 4 heterocycles. The fourth-order valence-corrected chi connectivity index (χ4v) is 11.1. The number of hydrogen-bond acceptors (Lipinski definition) is 29. The molecule has 0 radical (unpaired) electrons. The van der Waals surface area contributed by atoms with Crippen molar-refractivity contribution >= 4 is 79.7 Å². The maximum Gasteiger partial charge on any atom is 0.303 e. The zero-order chi connectivity index (χ0) is 66.4. The molecule has 4 fully saturated rings. The van der Waals surface area contributed by atoms with Gasteiger partial charge in [0.15, 0.2) is 57.9 Å². The molecule has 4 amide bonds. The van der Waals surface area contributed by atoms with Crippen molar-refractivity contribution in [3.8, 4) is 0 Å². The van der Waals surface area contributed by atoms with Crippen molar-refractivity contribution in [2.75, 3.05) is 26.4 Å². The van der Waals surface area contributed by atoms with Crippen LogP contribution in [0.5, 0.6) is 0 Å². The van der Waals surface area contributed by atoms with Crippen LogP contribution in [-0.2, 0) is 133 Å². The van der Waals surface area contributed by atoms with Crippen molar-refractivity contribution in [1.29, 1.82) is 0 Å². The predicted octanol–water partition coefficient (Wildman–Crippen LogP) is -1.58. The van der Waals surface area contributed by atoms with Crippen molar-refractivity contribution in [1.82, 2.24) is 21.3 Å². The van der Waals surface area contributed by atoms with E-state index in [1.54, 1.807) is 0 Å². The van der Waals surface area contributed by atoms with Gasteiger partial charge in [0.25, 0.3) is 0 Å². The molecule has 498 valence electrons. The van der Waals surface area contributed by atoms with E-state index in [2.05, 4.69) is 21.3 Å². The van der Waals surface area contributed by atoms with Gasteiger partial charge in [0.05, 0.1) is 0 Å². The minimum Gasteiger partial charge on any atom is -0.463 e. The van der Waals surface area contributed by atoms with E-state index in [1.165, 1.54) is 0 Å². The largest absolute Gasteiger partial charge is 0.463 e. The Balaban J connectivity index is 1.99. The van der Waals surface area contributed by atoms with Crippen LogP contribution in [0.25, 0.3) is 0 Å². The van der Waals surface area contributed by atoms with Gasteiger partial charge in [-0.05, 0) is 18.1 Å². The first kappa shape index (κ1) is 74.0. The van der Waals surface area contributed by atoms with E-state index in [4.69, 9.17) is 75.5 Å². The first-order valence-corrected chi connectivity index (χ1v) is 31.0. The molecule has 0 bridgehead atoms. The molecule has 33 nitrogen and oxygen atoms in total. The summed E-state index contributed by atoms with van der Waals surface area (Å²) < 4.78 is 97.1. The van der Waals surface area contributed by atoms with Gasteiger partial charge in [-0.3, -0.25) is 57.5 Å². The highest BCUT2D eigenvalue weighted by Crippen LogP contribution is 2.42. The number of aliphatic hydroxyl groups excluding tert-OH is 1. The molecule has 4 aliphatic heterocycles. The Morgan fingerprint density at radius 2 is 0.602 bits per heavy atom. The average molecular weight is 1280 g/mol. The van der Waals surface area contributed by atoms with Crippen LogP contribution < -0.4 is 21.3 Å². The summed E-state index contributed by atoms with van der Waals surface area (Å²) in [5, 5.41) is 21.0. The zero-order valence-electron chi connectivity index (χ0n) is 52.3. The molecule has 0 spiro atoms. The average Bonchev–Trinajstić information content (AvgIpc) is 0.794. The number of rotatable bonds is 24. The van der Waals surface area contributed by atoms with Crippen molar-refractivity contribution in [2.24, 2.45) is 0 Å². The molecule has 4 saturated heterocycles. The lowest BCUT2D eigenvalue weighted by atomic mass is 9.92. The number of aliphatic hydroxyl groups is 1. The van der Waals surface area contributed by atoms with Gasteiger partial charge in [-0.15, -0.1) is 0 Å². The summed E-state index contributed by atoms with van der Waals surface area (Å²) in [5.74, 6) is -10.5. The van der Waals surface area contributed by atoms with E-state index in [0.717, 1.165) is 83.1 Å². The molecule has 34 heteroatoms. The summed E-state index contributed by atoms with van der Waals surface area (Å²) in [6.45, 7) is 19.3. The fraction of sp³-hybridized carbons (Fsp3) is 0.778. The highest BCUT2D eigenvalue weighted by Gasteiger charge is 2.60. The van der Waals surface area contributed by atoms with Crippen LogP contribution in [-0.4, -0.2) is 234 Å². The van der Waals surface area contributed by atoms with Crippen molar-refractivity contribution in [3.05, 3.63) is 0 Å². The van der Waals surface area contributed by atoms with Gasteiger partial charge >= 0.3 is 47.8 Å². The summed E-state index contributed by atoms with van der Waals surface area (Å²) in [6.07, 6.45) is -27.8.